The summed E-state index contributed by atoms with van der Waals surface area (Å²) in [4.78, 5) is 33.5. The molecule has 2 aromatic heterocycles. The van der Waals surface area contributed by atoms with Gasteiger partial charge in [0.25, 0.3) is 0 Å². The van der Waals surface area contributed by atoms with Crippen LogP contribution in [0, 0.1) is 0 Å². The molecule has 31 heavy (non-hydrogen) atoms. The lowest BCUT2D eigenvalue weighted by atomic mass is 10.0. The second kappa shape index (κ2) is 8.45. The molecule has 1 fully saturated rings. The first-order chi connectivity index (χ1) is 15.2. The summed E-state index contributed by atoms with van der Waals surface area (Å²) in [6, 6.07) is 12.0. The summed E-state index contributed by atoms with van der Waals surface area (Å²) >= 11 is 0. The molecule has 8 heteroatoms. The Hall–Kier alpha value is -3.29. The van der Waals surface area contributed by atoms with E-state index in [2.05, 4.69) is 21.4 Å². The number of aromatic nitrogens is 4. The maximum Gasteiger partial charge on any atom is 0.227 e. The summed E-state index contributed by atoms with van der Waals surface area (Å²) < 4.78 is 1.89. The van der Waals surface area contributed by atoms with Crippen molar-refractivity contribution in [3.05, 3.63) is 48.2 Å². The van der Waals surface area contributed by atoms with E-state index in [0.717, 1.165) is 42.7 Å². The number of benzene rings is 1. The molecule has 0 unspecified atom stereocenters. The van der Waals surface area contributed by atoms with E-state index >= 15 is 0 Å². The van der Waals surface area contributed by atoms with Crippen LogP contribution in [0.4, 0.5) is 5.69 Å². The van der Waals surface area contributed by atoms with E-state index in [9.17, 15) is 9.59 Å². The van der Waals surface area contributed by atoms with Crippen LogP contribution in [-0.4, -0.2) is 56.3 Å². The Labute approximate surface area is 180 Å². The second-order valence-corrected chi connectivity index (χ2v) is 8.27. The van der Waals surface area contributed by atoms with Crippen LogP contribution in [0.3, 0.4) is 0 Å². The molecule has 0 bridgehead atoms. The third-order valence-electron chi connectivity index (χ3n) is 6.36. The molecule has 0 saturated carbocycles. The van der Waals surface area contributed by atoms with E-state index in [-0.39, 0.29) is 17.9 Å². The van der Waals surface area contributed by atoms with Crippen LogP contribution in [0.1, 0.15) is 43.7 Å². The summed E-state index contributed by atoms with van der Waals surface area (Å²) in [5, 5.41) is 8.46. The topological polar surface area (TPSA) is 84.2 Å². The van der Waals surface area contributed by atoms with Gasteiger partial charge in [-0.05, 0) is 49.4 Å². The minimum absolute atomic E-state index is 0.113. The van der Waals surface area contributed by atoms with Crippen molar-refractivity contribution in [3.63, 3.8) is 0 Å². The Bertz CT molecular complexity index is 1100. The average molecular weight is 419 g/mol. The summed E-state index contributed by atoms with van der Waals surface area (Å²) in [6.45, 7) is 2.14. The Balaban J connectivity index is 1.09. The van der Waals surface area contributed by atoms with Gasteiger partial charge in [0.15, 0.2) is 5.65 Å². The van der Waals surface area contributed by atoms with Crippen LogP contribution in [-0.2, 0) is 16.0 Å². The third-order valence-corrected chi connectivity index (χ3v) is 6.36. The summed E-state index contributed by atoms with van der Waals surface area (Å²) in [5.74, 6) is 0.247. The minimum atomic E-state index is 0.113. The van der Waals surface area contributed by atoms with Gasteiger partial charge in [0, 0.05) is 44.4 Å². The molecule has 2 aliphatic rings. The number of para-hydroxylation sites is 1. The molecule has 0 spiro atoms. The smallest absolute Gasteiger partial charge is 0.227 e. The van der Waals surface area contributed by atoms with Crippen LogP contribution >= 0.6 is 0 Å². The predicted octanol–water partition coefficient (Wildman–Crippen LogP) is 2.75. The quantitative estimate of drug-likeness (QED) is 0.636. The number of carbonyl (C=O) groups excluding carboxylic acids is 2. The first-order valence-corrected chi connectivity index (χ1v) is 11.0. The number of piperidine rings is 1. The number of pyridine rings is 1. The average Bonchev–Trinajstić information content (AvgIpc) is 3.43. The molecule has 0 N–H and O–H groups in total. The fourth-order valence-electron chi connectivity index (χ4n) is 4.67. The molecule has 2 amide bonds. The van der Waals surface area contributed by atoms with Gasteiger partial charge in [-0.3, -0.25) is 9.59 Å². The van der Waals surface area contributed by atoms with Crippen molar-refractivity contribution in [1.82, 2.24) is 24.9 Å². The molecule has 1 saturated heterocycles. The molecule has 3 aromatic rings. The Morgan fingerprint density at radius 1 is 0.968 bits per heavy atom. The van der Waals surface area contributed by atoms with Gasteiger partial charge in [-0.1, -0.05) is 23.4 Å². The number of carbonyl (C=O) groups is 2. The molecular weight excluding hydrogens is 392 g/mol. The molecule has 1 aromatic carbocycles. The standard InChI is InChI=1S/C23H26N6O2/c30-21(8-3-9-22(31)28-16-10-17-5-1-2-7-20(17)28)27-14-11-18(12-15-27)29-23-19(25-26-29)6-4-13-24-23/h1-2,4-7,13,18H,3,8-12,14-16H2. The van der Waals surface area contributed by atoms with Gasteiger partial charge < -0.3 is 9.80 Å². The van der Waals surface area contributed by atoms with E-state index in [4.69, 9.17) is 0 Å². The molecule has 5 rings (SSSR count). The van der Waals surface area contributed by atoms with E-state index in [0.29, 0.717) is 32.4 Å². The molecule has 8 nitrogen and oxygen atoms in total. The van der Waals surface area contributed by atoms with Gasteiger partial charge in [-0.25, -0.2) is 9.67 Å². The van der Waals surface area contributed by atoms with Gasteiger partial charge in [0.05, 0.1) is 6.04 Å². The fraction of sp³-hybridized carbons (Fsp3) is 0.435. The maximum absolute atomic E-state index is 12.7. The van der Waals surface area contributed by atoms with E-state index in [1.807, 2.05) is 44.8 Å². The predicted molar refractivity (Wildman–Crippen MR) is 117 cm³/mol. The van der Waals surface area contributed by atoms with E-state index in [1.54, 1.807) is 6.20 Å². The monoisotopic (exact) mass is 418 g/mol. The fourth-order valence-corrected chi connectivity index (χ4v) is 4.67. The number of nitrogens with zero attached hydrogens (tertiary/aromatic N) is 6. The zero-order valence-corrected chi connectivity index (χ0v) is 17.5. The largest absolute Gasteiger partial charge is 0.343 e. The lowest BCUT2D eigenvalue weighted by Gasteiger charge is -2.32. The number of likely N-dealkylation sites (tertiary alicyclic amines) is 1. The Kier molecular flexibility index (Phi) is 5.36. The summed E-state index contributed by atoms with van der Waals surface area (Å²) in [6.07, 6.45) is 5.75. The number of hydrogen-bond donors (Lipinski definition) is 0. The van der Waals surface area contributed by atoms with Crippen molar-refractivity contribution in [2.45, 2.75) is 44.6 Å². The van der Waals surface area contributed by atoms with Gasteiger partial charge >= 0.3 is 0 Å². The van der Waals surface area contributed by atoms with E-state index in [1.165, 1.54) is 5.56 Å². The van der Waals surface area contributed by atoms with E-state index < -0.39 is 0 Å². The van der Waals surface area contributed by atoms with Gasteiger partial charge in [-0.15, -0.1) is 5.10 Å². The highest BCUT2D eigenvalue weighted by atomic mass is 16.2. The highest BCUT2D eigenvalue weighted by Crippen LogP contribution is 2.28. The first-order valence-electron chi connectivity index (χ1n) is 11.0. The number of anilines is 1. The molecule has 4 heterocycles. The molecule has 2 aliphatic heterocycles. The number of fused-ring (bicyclic) bond motifs is 2. The minimum Gasteiger partial charge on any atom is -0.343 e. The molecular formula is C23H26N6O2. The highest BCUT2D eigenvalue weighted by Gasteiger charge is 2.27. The third kappa shape index (κ3) is 3.89. The summed E-state index contributed by atoms with van der Waals surface area (Å²) in [7, 11) is 0. The summed E-state index contributed by atoms with van der Waals surface area (Å²) in [5.41, 5.74) is 3.85. The molecule has 160 valence electrons. The number of rotatable bonds is 5. The number of hydrogen-bond acceptors (Lipinski definition) is 5. The second-order valence-electron chi connectivity index (χ2n) is 8.27. The van der Waals surface area contributed by atoms with Crippen molar-refractivity contribution >= 4 is 28.7 Å². The van der Waals surface area contributed by atoms with Crippen LogP contribution in [0.15, 0.2) is 42.6 Å². The Morgan fingerprint density at radius 2 is 1.77 bits per heavy atom. The van der Waals surface area contributed by atoms with Crippen molar-refractivity contribution in [3.8, 4) is 0 Å². The van der Waals surface area contributed by atoms with Crippen molar-refractivity contribution in [1.29, 1.82) is 0 Å². The lowest BCUT2D eigenvalue weighted by Crippen LogP contribution is -2.39. The van der Waals surface area contributed by atoms with Crippen molar-refractivity contribution < 1.29 is 9.59 Å². The van der Waals surface area contributed by atoms with Crippen LogP contribution in [0.25, 0.3) is 11.2 Å². The van der Waals surface area contributed by atoms with Gasteiger partial charge in [-0.2, -0.15) is 0 Å². The van der Waals surface area contributed by atoms with Gasteiger partial charge in [0.1, 0.15) is 5.52 Å². The zero-order chi connectivity index (χ0) is 21.2. The first kappa shape index (κ1) is 19.7. The number of amides is 2. The SMILES string of the molecule is O=C(CCCC(=O)N1CCc2ccccc21)N1CCC(n2nnc3cccnc32)CC1. The van der Waals surface area contributed by atoms with Crippen molar-refractivity contribution in [2.75, 3.05) is 24.5 Å². The Morgan fingerprint density at radius 3 is 2.65 bits per heavy atom. The molecule has 0 aliphatic carbocycles. The van der Waals surface area contributed by atoms with Gasteiger partial charge in [0.2, 0.25) is 11.8 Å². The maximum atomic E-state index is 12.7. The zero-order valence-electron chi connectivity index (χ0n) is 17.5. The van der Waals surface area contributed by atoms with Crippen LogP contribution in [0.5, 0.6) is 0 Å². The van der Waals surface area contributed by atoms with Crippen molar-refractivity contribution in [2.24, 2.45) is 0 Å². The highest BCUT2D eigenvalue weighted by molar-refractivity contribution is 5.95. The molecule has 0 atom stereocenters. The van der Waals surface area contributed by atoms with Crippen LogP contribution in [0.2, 0.25) is 0 Å². The molecule has 0 radical (unpaired) electrons. The lowest BCUT2D eigenvalue weighted by molar-refractivity contribution is -0.132. The normalized spacial score (nSPS) is 16.6. The van der Waals surface area contributed by atoms with Crippen LogP contribution < -0.4 is 4.90 Å².